The Balaban J connectivity index is 1.87. The first-order chi connectivity index (χ1) is 9.40. The van der Waals surface area contributed by atoms with E-state index >= 15 is 0 Å². The van der Waals surface area contributed by atoms with Crippen molar-refractivity contribution in [1.82, 2.24) is 4.90 Å². The molecule has 102 valence electrons. The highest BCUT2D eigenvalue weighted by Gasteiger charge is 2.16. The Morgan fingerprint density at radius 3 is 2.58 bits per heavy atom. The summed E-state index contributed by atoms with van der Waals surface area (Å²) >= 11 is 0. The van der Waals surface area contributed by atoms with Gasteiger partial charge in [0.05, 0.1) is 13.2 Å². The molecule has 0 aromatic heterocycles. The van der Waals surface area contributed by atoms with Crippen molar-refractivity contribution in [3.05, 3.63) is 54.1 Å². The highest BCUT2D eigenvalue weighted by atomic mass is 16.5. The third-order valence-corrected chi connectivity index (χ3v) is 3.47. The van der Waals surface area contributed by atoms with E-state index in [-0.39, 0.29) is 0 Å². The van der Waals surface area contributed by atoms with Crippen molar-refractivity contribution in [1.29, 1.82) is 0 Å². The molecule has 1 aliphatic rings. The molecule has 1 heterocycles. The van der Waals surface area contributed by atoms with Crippen molar-refractivity contribution in [2.75, 3.05) is 26.3 Å². The Morgan fingerprint density at radius 2 is 1.89 bits per heavy atom. The smallest absolute Gasteiger partial charge is 0.0594 e. The van der Waals surface area contributed by atoms with Crippen LogP contribution in [0, 0.1) is 0 Å². The number of nitrogens with zero attached hydrogens (tertiary/aromatic N) is 1. The van der Waals surface area contributed by atoms with Crippen LogP contribution in [0.25, 0.3) is 6.08 Å². The number of rotatable bonds is 5. The lowest BCUT2D eigenvalue weighted by Crippen LogP contribution is -2.42. The minimum Gasteiger partial charge on any atom is -0.379 e. The molecule has 1 aliphatic heterocycles. The number of morpholine rings is 1. The quantitative estimate of drug-likeness (QED) is 0.750. The van der Waals surface area contributed by atoms with Crippen LogP contribution in [-0.4, -0.2) is 37.2 Å². The third-order valence-electron chi connectivity index (χ3n) is 3.47. The van der Waals surface area contributed by atoms with Gasteiger partial charge < -0.3 is 4.74 Å². The zero-order valence-corrected chi connectivity index (χ0v) is 11.7. The van der Waals surface area contributed by atoms with Gasteiger partial charge in [-0.25, -0.2) is 0 Å². The molecule has 1 unspecified atom stereocenters. The molecule has 0 aliphatic carbocycles. The van der Waals surface area contributed by atoms with Crippen LogP contribution < -0.4 is 0 Å². The van der Waals surface area contributed by atoms with Crippen LogP contribution in [0.15, 0.2) is 48.6 Å². The largest absolute Gasteiger partial charge is 0.379 e. The van der Waals surface area contributed by atoms with Crippen LogP contribution in [0.1, 0.15) is 18.9 Å². The summed E-state index contributed by atoms with van der Waals surface area (Å²) in [6.45, 7) is 6.07. The van der Waals surface area contributed by atoms with Gasteiger partial charge in [-0.15, -0.1) is 0 Å². The van der Waals surface area contributed by atoms with E-state index in [9.17, 15) is 0 Å². The van der Waals surface area contributed by atoms with Gasteiger partial charge in [-0.3, -0.25) is 4.90 Å². The predicted molar refractivity (Wildman–Crippen MR) is 81.1 cm³/mol. The van der Waals surface area contributed by atoms with E-state index in [2.05, 4.69) is 60.4 Å². The average Bonchev–Trinajstić information content (AvgIpc) is 2.49. The van der Waals surface area contributed by atoms with Crippen molar-refractivity contribution in [2.45, 2.75) is 19.4 Å². The summed E-state index contributed by atoms with van der Waals surface area (Å²) in [4.78, 5) is 2.50. The van der Waals surface area contributed by atoms with Crippen LogP contribution in [-0.2, 0) is 4.74 Å². The van der Waals surface area contributed by atoms with Crippen LogP contribution in [0.2, 0.25) is 0 Å². The summed E-state index contributed by atoms with van der Waals surface area (Å²) in [7, 11) is 0. The first-order valence-electron chi connectivity index (χ1n) is 7.12. The molecule has 2 heteroatoms. The van der Waals surface area contributed by atoms with Gasteiger partial charge in [-0.2, -0.15) is 0 Å². The van der Waals surface area contributed by atoms with Gasteiger partial charge >= 0.3 is 0 Å². The fourth-order valence-corrected chi connectivity index (χ4v) is 2.35. The Labute approximate surface area is 116 Å². The fraction of sp³-hybridized carbons (Fsp3) is 0.412. The number of allylic oxidation sites excluding steroid dienone is 2. The van der Waals surface area contributed by atoms with Crippen molar-refractivity contribution < 1.29 is 4.74 Å². The first-order valence-corrected chi connectivity index (χ1v) is 7.12. The van der Waals surface area contributed by atoms with E-state index in [1.807, 2.05) is 6.07 Å². The minimum atomic E-state index is 0.532. The van der Waals surface area contributed by atoms with Crippen molar-refractivity contribution in [2.24, 2.45) is 0 Å². The van der Waals surface area contributed by atoms with E-state index in [0.717, 1.165) is 32.7 Å². The molecule has 0 spiro atoms. The van der Waals surface area contributed by atoms with Crippen molar-refractivity contribution >= 4 is 6.08 Å². The summed E-state index contributed by atoms with van der Waals surface area (Å²) < 4.78 is 5.40. The molecule has 19 heavy (non-hydrogen) atoms. The molecule has 1 aromatic rings. The fourth-order valence-electron chi connectivity index (χ4n) is 2.35. The van der Waals surface area contributed by atoms with E-state index in [1.165, 1.54) is 5.56 Å². The van der Waals surface area contributed by atoms with Gasteiger partial charge in [0.15, 0.2) is 0 Å². The first kappa shape index (κ1) is 14.0. The Morgan fingerprint density at radius 1 is 1.16 bits per heavy atom. The summed E-state index contributed by atoms with van der Waals surface area (Å²) in [6.07, 6.45) is 9.87. The van der Waals surface area contributed by atoms with Crippen LogP contribution in [0.3, 0.4) is 0 Å². The number of hydrogen-bond donors (Lipinski definition) is 0. The lowest BCUT2D eigenvalue weighted by molar-refractivity contribution is 0.0250. The molecule has 2 nitrogen and oxygen atoms in total. The second-order valence-electron chi connectivity index (χ2n) is 4.78. The second-order valence-corrected chi connectivity index (χ2v) is 4.78. The maximum Gasteiger partial charge on any atom is 0.0594 e. The predicted octanol–water partition coefficient (Wildman–Crippen LogP) is 3.37. The molecule has 1 fully saturated rings. The molecule has 0 radical (unpaired) electrons. The number of ether oxygens (including phenoxy) is 1. The maximum absolute atomic E-state index is 5.40. The van der Waals surface area contributed by atoms with Crippen molar-refractivity contribution in [3.63, 3.8) is 0 Å². The van der Waals surface area contributed by atoms with E-state index < -0.39 is 0 Å². The van der Waals surface area contributed by atoms with Gasteiger partial charge in [-0.1, -0.05) is 61.6 Å². The third kappa shape index (κ3) is 4.66. The van der Waals surface area contributed by atoms with Gasteiger partial charge in [-0.05, 0) is 12.0 Å². The highest BCUT2D eigenvalue weighted by molar-refractivity contribution is 5.50. The average molecular weight is 257 g/mol. The molecular formula is C17H23NO. The van der Waals surface area contributed by atoms with Crippen LogP contribution >= 0.6 is 0 Å². The highest BCUT2D eigenvalue weighted by Crippen LogP contribution is 2.09. The zero-order valence-electron chi connectivity index (χ0n) is 11.7. The lowest BCUT2D eigenvalue weighted by Gasteiger charge is -2.32. The number of hydrogen-bond acceptors (Lipinski definition) is 2. The normalized spacial score (nSPS) is 19.2. The molecule has 1 saturated heterocycles. The zero-order chi connectivity index (χ0) is 13.3. The standard InChI is InChI=1S/C17H23NO/c1-2-17(18-12-14-19-15-13-18)11-7-6-10-16-8-4-3-5-9-16/h3-11,17H,2,12-15H2,1H3/b10-6+,11-7-. The van der Waals surface area contributed by atoms with Gasteiger partial charge in [0, 0.05) is 19.1 Å². The van der Waals surface area contributed by atoms with E-state index in [0.29, 0.717) is 6.04 Å². The maximum atomic E-state index is 5.40. The molecule has 1 aromatic carbocycles. The summed E-state index contributed by atoms with van der Waals surface area (Å²) in [5.41, 5.74) is 1.24. The Kier molecular flexibility index (Phi) is 5.86. The molecule has 0 N–H and O–H groups in total. The van der Waals surface area contributed by atoms with Crippen LogP contribution in [0.5, 0.6) is 0 Å². The molecule has 0 bridgehead atoms. The van der Waals surface area contributed by atoms with Gasteiger partial charge in [0.2, 0.25) is 0 Å². The molecule has 0 saturated carbocycles. The van der Waals surface area contributed by atoms with Gasteiger partial charge in [0.25, 0.3) is 0 Å². The number of benzene rings is 1. The Bertz CT molecular complexity index is 405. The SMILES string of the molecule is CCC(/C=C\C=C\c1ccccc1)N1CCOCC1. The minimum absolute atomic E-state index is 0.532. The monoisotopic (exact) mass is 257 g/mol. The summed E-state index contributed by atoms with van der Waals surface area (Å²) in [5.74, 6) is 0. The van der Waals surface area contributed by atoms with E-state index in [4.69, 9.17) is 4.74 Å². The van der Waals surface area contributed by atoms with Crippen molar-refractivity contribution in [3.8, 4) is 0 Å². The van der Waals surface area contributed by atoms with Gasteiger partial charge in [0.1, 0.15) is 0 Å². The van der Waals surface area contributed by atoms with E-state index in [1.54, 1.807) is 0 Å². The molecular weight excluding hydrogens is 234 g/mol. The topological polar surface area (TPSA) is 12.5 Å². The summed E-state index contributed by atoms with van der Waals surface area (Å²) in [5, 5.41) is 0. The molecule has 1 atom stereocenters. The summed E-state index contributed by atoms with van der Waals surface area (Å²) in [6, 6.07) is 10.9. The second kappa shape index (κ2) is 7.93. The molecule has 0 amide bonds. The Hall–Kier alpha value is -1.38. The van der Waals surface area contributed by atoms with Crippen LogP contribution in [0.4, 0.5) is 0 Å². The molecule has 2 rings (SSSR count). The lowest BCUT2D eigenvalue weighted by atomic mass is 10.1.